The molecular weight excluding hydrogens is 360 g/mol. The predicted octanol–water partition coefficient (Wildman–Crippen LogP) is 4.33. The maximum atomic E-state index is 12.7. The van der Waals surface area contributed by atoms with Crippen LogP contribution in [-0.4, -0.2) is 26.1 Å². The molecule has 3 rings (SSSR count). The zero-order chi connectivity index (χ0) is 19.1. The summed E-state index contributed by atoms with van der Waals surface area (Å²) in [6, 6.07) is 15.1. The lowest BCUT2D eigenvalue weighted by molar-refractivity contribution is -0.121. The number of carbonyl (C=O) groups excluding carboxylic acids is 1. The normalized spacial score (nSPS) is 15.9. The molecule has 27 heavy (non-hydrogen) atoms. The van der Waals surface area contributed by atoms with Crippen molar-refractivity contribution in [2.24, 2.45) is 5.92 Å². The number of piperidine rings is 1. The fourth-order valence-corrected chi connectivity index (χ4v) is 3.85. The highest BCUT2D eigenvalue weighted by Crippen LogP contribution is 2.30. The smallest absolute Gasteiger partial charge is 0.220 e. The minimum Gasteiger partial charge on any atom is -0.497 e. The zero-order valence-electron chi connectivity index (χ0n) is 15.7. The van der Waals surface area contributed by atoms with Crippen molar-refractivity contribution >= 4 is 17.5 Å². The molecule has 0 aromatic heterocycles. The number of methoxy groups -OCH3 is 1. The molecule has 4 nitrogen and oxygen atoms in total. The van der Waals surface area contributed by atoms with Crippen LogP contribution in [0.5, 0.6) is 5.75 Å². The molecule has 2 aromatic carbocycles. The summed E-state index contributed by atoms with van der Waals surface area (Å²) < 4.78 is 5.35. The summed E-state index contributed by atoms with van der Waals surface area (Å²) in [5.74, 6) is 1.45. The van der Waals surface area contributed by atoms with Gasteiger partial charge in [-0.25, -0.2) is 0 Å². The van der Waals surface area contributed by atoms with E-state index in [1.807, 2.05) is 48.5 Å². The monoisotopic (exact) mass is 386 g/mol. The van der Waals surface area contributed by atoms with Crippen molar-refractivity contribution in [2.45, 2.75) is 31.7 Å². The predicted molar refractivity (Wildman–Crippen MR) is 109 cm³/mol. The molecule has 1 unspecified atom stereocenters. The highest BCUT2D eigenvalue weighted by atomic mass is 35.5. The quantitative estimate of drug-likeness (QED) is 0.744. The maximum absolute atomic E-state index is 12.7. The summed E-state index contributed by atoms with van der Waals surface area (Å²) in [5, 5.41) is 7.20. The third-order valence-corrected chi connectivity index (χ3v) is 5.53. The Morgan fingerprint density at radius 2 is 2.00 bits per heavy atom. The topological polar surface area (TPSA) is 50.4 Å². The molecule has 2 N–H and O–H groups in total. The molecule has 0 spiro atoms. The van der Waals surface area contributed by atoms with Crippen molar-refractivity contribution in [3.63, 3.8) is 0 Å². The number of ether oxygens (including phenoxy) is 1. The first kappa shape index (κ1) is 19.7. The number of halogens is 1. The Balaban J connectivity index is 1.75. The van der Waals surface area contributed by atoms with E-state index in [9.17, 15) is 4.79 Å². The summed E-state index contributed by atoms with van der Waals surface area (Å²) in [6.07, 6.45) is 3.77. The zero-order valence-corrected chi connectivity index (χ0v) is 16.5. The third kappa shape index (κ3) is 5.47. The largest absolute Gasteiger partial charge is 0.497 e. The molecule has 0 aliphatic carbocycles. The average molecular weight is 387 g/mol. The van der Waals surface area contributed by atoms with Crippen LogP contribution in [-0.2, 0) is 4.79 Å². The van der Waals surface area contributed by atoms with Crippen LogP contribution in [0.3, 0.4) is 0 Å². The second kappa shape index (κ2) is 9.77. The molecule has 0 radical (unpaired) electrons. The van der Waals surface area contributed by atoms with Crippen LogP contribution in [0.2, 0.25) is 5.02 Å². The second-order valence-corrected chi connectivity index (χ2v) is 7.44. The van der Waals surface area contributed by atoms with Gasteiger partial charge in [0.05, 0.1) is 13.2 Å². The SMILES string of the molecule is COc1cccc(C(NC(=O)CCC2CCNCC2)c2ccccc2Cl)c1. The number of benzene rings is 2. The van der Waals surface area contributed by atoms with E-state index in [0.29, 0.717) is 17.4 Å². The minimum absolute atomic E-state index is 0.0567. The van der Waals surface area contributed by atoms with E-state index in [1.165, 1.54) is 0 Å². The Hall–Kier alpha value is -2.04. The van der Waals surface area contributed by atoms with Crippen LogP contribution in [0.1, 0.15) is 42.9 Å². The third-order valence-electron chi connectivity index (χ3n) is 5.19. The molecule has 5 heteroatoms. The highest BCUT2D eigenvalue weighted by Gasteiger charge is 2.21. The first-order chi connectivity index (χ1) is 13.2. The molecule has 1 aliphatic rings. The molecule has 144 valence electrons. The van der Waals surface area contributed by atoms with Crippen LogP contribution < -0.4 is 15.4 Å². The van der Waals surface area contributed by atoms with E-state index in [0.717, 1.165) is 49.2 Å². The molecule has 2 aromatic rings. The van der Waals surface area contributed by atoms with Gasteiger partial charge in [0.25, 0.3) is 0 Å². The molecule has 1 aliphatic heterocycles. The van der Waals surface area contributed by atoms with Gasteiger partial charge in [0, 0.05) is 11.4 Å². The van der Waals surface area contributed by atoms with Gasteiger partial charge in [0.1, 0.15) is 5.75 Å². The molecule has 1 heterocycles. The Morgan fingerprint density at radius 1 is 1.22 bits per heavy atom. The molecule has 0 saturated carbocycles. The van der Waals surface area contributed by atoms with Crippen molar-refractivity contribution in [3.05, 3.63) is 64.7 Å². The van der Waals surface area contributed by atoms with Crippen LogP contribution >= 0.6 is 11.6 Å². The lowest BCUT2D eigenvalue weighted by Gasteiger charge is -2.24. The van der Waals surface area contributed by atoms with Crippen LogP contribution in [0.15, 0.2) is 48.5 Å². The molecule has 1 saturated heterocycles. The van der Waals surface area contributed by atoms with Crippen LogP contribution in [0.4, 0.5) is 0 Å². The Kier molecular flexibility index (Phi) is 7.13. The molecule has 1 atom stereocenters. The van der Waals surface area contributed by atoms with Crippen molar-refractivity contribution in [3.8, 4) is 5.75 Å². The molecule has 1 fully saturated rings. The molecule has 0 bridgehead atoms. The summed E-state index contributed by atoms with van der Waals surface area (Å²) in [5.41, 5.74) is 1.85. The Morgan fingerprint density at radius 3 is 2.74 bits per heavy atom. The summed E-state index contributed by atoms with van der Waals surface area (Å²) in [7, 11) is 1.64. The van der Waals surface area contributed by atoms with E-state index in [-0.39, 0.29) is 11.9 Å². The van der Waals surface area contributed by atoms with E-state index in [4.69, 9.17) is 16.3 Å². The number of carbonyl (C=O) groups is 1. The fraction of sp³-hybridized carbons (Fsp3) is 0.409. The Labute approximate surface area is 166 Å². The van der Waals surface area contributed by atoms with Crippen LogP contribution in [0.25, 0.3) is 0 Å². The number of rotatable bonds is 7. The lowest BCUT2D eigenvalue weighted by Crippen LogP contribution is -2.31. The van der Waals surface area contributed by atoms with Gasteiger partial charge < -0.3 is 15.4 Å². The van der Waals surface area contributed by atoms with Gasteiger partial charge in [0.2, 0.25) is 5.91 Å². The van der Waals surface area contributed by atoms with Gasteiger partial charge in [-0.3, -0.25) is 4.79 Å². The van der Waals surface area contributed by atoms with Crippen molar-refractivity contribution in [1.29, 1.82) is 0 Å². The first-order valence-electron chi connectivity index (χ1n) is 9.56. The summed E-state index contributed by atoms with van der Waals surface area (Å²) in [4.78, 5) is 12.7. The van der Waals surface area contributed by atoms with E-state index in [1.54, 1.807) is 7.11 Å². The van der Waals surface area contributed by atoms with Gasteiger partial charge in [-0.2, -0.15) is 0 Å². The standard InChI is InChI=1S/C22H27ClN2O2/c1-27-18-6-4-5-17(15-18)22(19-7-2-3-8-20(19)23)25-21(26)10-9-16-11-13-24-14-12-16/h2-8,15-16,22,24H,9-14H2,1H3,(H,25,26). The minimum atomic E-state index is -0.297. The van der Waals surface area contributed by atoms with Crippen LogP contribution in [0, 0.1) is 5.92 Å². The number of nitrogens with one attached hydrogen (secondary N) is 2. The fourth-order valence-electron chi connectivity index (χ4n) is 3.61. The lowest BCUT2D eigenvalue weighted by atomic mass is 9.92. The number of hydrogen-bond donors (Lipinski definition) is 2. The Bertz CT molecular complexity index is 759. The van der Waals surface area contributed by atoms with Gasteiger partial charge in [-0.1, -0.05) is 41.9 Å². The summed E-state index contributed by atoms with van der Waals surface area (Å²) in [6.45, 7) is 2.11. The van der Waals surface area contributed by atoms with Gasteiger partial charge in [-0.15, -0.1) is 0 Å². The van der Waals surface area contributed by atoms with Crippen molar-refractivity contribution < 1.29 is 9.53 Å². The molecule has 1 amide bonds. The number of hydrogen-bond acceptors (Lipinski definition) is 3. The van der Waals surface area contributed by atoms with Gasteiger partial charge >= 0.3 is 0 Å². The number of amides is 1. The second-order valence-electron chi connectivity index (χ2n) is 7.03. The first-order valence-corrected chi connectivity index (χ1v) is 9.93. The maximum Gasteiger partial charge on any atom is 0.220 e. The van der Waals surface area contributed by atoms with Gasteiger partial charge in [-0.05, 0) is 67.6 Å². The van der Waals surface area contributed by atoms with Gasteiger partial charge in [0.15, 0.2) is 0 Å². The van der Waals surface area contributed by atoms with E-state index >= 15 is 0 Å². The van der Waals surface area contributed by atoms with E-state index in [2.05, 4.69) is 10.6 Å². The average Bonchev–Trinajstić information content (AvgIpc) is 2.72. The molecular formula is C22H27ClN2O2. The van der Waals surface area contributed by atoms with Crippen molar-refractivity contribution in [1.82, 2.24) is 10.6 Å². The van der Waals surface area contributed by atoms with E-state index < -0.39 is 0 Å². The highest BCUT2D eigenvalue weighted by molar-refractivity contribution is 6.31. The van der Waals surface area contributed by atoms with Crippen molar-refractivity contribution in [2.75, 3.05) is 20.2 Å². The summed E-state index contributed by atoms with van der Waals surface area (Å²) >= 11 is 6.44.